The van der Waals surface area contributed by atoms with Crippen molar-refractivity contribution < 1.29 is 9.59 Å². The number of aryl methyl sites for hydroxylation is 1. The Hall–Kier alpha value is -3.58. The Bertz CT molecular complexity index is 1120. The number of amides is 2. The zero-order valence-electron chi connectivity index (χ0n) is 20.8. The largest absolute Gasteiger partial charge is 0.388 e. The number of amidine groups is 1. The predicted octanol–water partition coefficient (Wildman–Crippen LogP) is 5.48. The molecule has 0 aliphatic heterocycles. The van der Waals surface area contributed by atoms with Crippen LogP contribution >= 0.6 is 11.8 Å². The van der Waals surface area contributed by atoms with Crippen molar-refractivity contribution in [1.29, 1.82) is 5.41 Å². The van der Waals surface area contributed by atoms with Crippen molar-refractivity contribution in [2.45, 2.75) is 40.2 Å². The molecule has 2 aromatic carbocycles. The Balaban J connectivity index is 1.87. The standard InChI is InChI=1S/C28H34N4O2S/c1-6-21(5)30-16-22(7-2)24-13-11-23(12-14-24)20(4)18-35-28(29)32-26(33)17-31-27(34)25-10-8-9-19(3)15-25/h7-16,18,21,30H,2,6,17H2,1,3-5H3,(H,31,34)(H2,29,32,33)/b20-18+,22-16+. The van der Waals surface area contributed by atoms with Gasteiger partial charge in [0.2, 0.25) is 5.91 Å². The summed E-state index contributed by atoms with van der Waals surface area (Å²) < 4.78 is 0. The van der Waals surface area contributed by atoms with E-state index in [1.54, 1.807) is 18.2 Å². The third-order valence-electron chi connectivity index (χ3n) is 5.33. The molecule has 1 atom stereocenters. The molecule has 0 radical (unpaired) electrons. The van der Waals surface area contributed by atoms with E-state index in [9.17, 15) is 9.59 Å². The van der Waals surface area contributed by atoms with E-state index in [0.29, 0.717) is 11.6 Å². The van der Waals surface area contributed by atoms with Crippen LogP contribution in [0.15, 0.2) is 72.8 Å². The number of carbonyl (C=O) groups is 2. The third-order valence-corrected chi connectivity index (χ3v) is 6.13. The quantitative estimate of drug-likeness (QED) is 0.201. The molecule has 0 saturated carbocycles. The van der Waals surface area contributed by atoms with E-state index < -0.39 is 5.91 Å². The molecule has 0 fully saturated rings. The monoisotopic (exact) mass is 490 g/mol. The van der Waals surface area contributed by atoms with Gasteiger partial charge in [0.05, 0.1) is 6.54 Å². The lowest BCUT2D eigenvalue weighted by atomic mass is 10.0. The van der Waals surface area contributed by atoms with Crippen molar-refractivity contribution in [2.24, 2.45) is 0 Å². The van der Waals surface area contributed by atoms with E-state index in [-0.39, 0.29) is 17.6 Å². The van der Waals surface area contributed by atoms with Crippen LogP contribution in [-0.4, -0.2) is 29.6 Å². The third kappa shape index (κ3) is 9.29. The second kappa shape index (κ2) is 14.0. The van der Waals surface area contributed by atoms with E-state index in [4.69, 9.17) is 5.41 Å². The molecule has 0 bridgehead atoms. The number of carbonyl (C=O) groups excluding carboxylic acids is 2. The normalized spacial score (nSPS) is 12.5. The fraction of sp³-hybridized carbons (Fsp3) is 0.250. The summed E-state index contributed by atoms with van der Waals surface area (Å²) in [6.07, 6.45) is 4.86. The minimum atomic E-state index is -0.450. The molecule has 4 N–H and O–H groups in total. The molecule has 0 heterocycles. The number of rotatable bonds is 10. The van der Waals surface area contributed by atoms with E-state index in [2.05, 4.69) is 36.4 Å². The van der Waals surface area contributed by atoms with Gasteiger partial charge >= 0.3 is 0 Å². The lowest BCUT2D eigenvalue weighted by molar-refractivity contribution is -0.118. The molecular weight excluding hydrogens is 456 g/mol. The summed E-state index contributed by atoms with van der Waals surface area (Å²) in [6.45, 7) is 11.8. The van der Waals surface area contributed by atoms with Gasteiger partial charge in [-0.25, -0.2) is 0 Å². The molecule has 6 nitrogen and oxygen atoms in total. The fourth-order valence-electron chi connectivity index (χ4n) is 3.00. The van der Waals surface area contributed by atoms with Gasteiger partial charge in [-0.3, -0.25) is 15.0 Å². The van der Waals surface area contributed by atoms with Gasteiger partial charge < -0.3 is 16.0 Å². The van der Waals surface area contributed by atoms with Gasteiger partial charge in [0.25, 0.3) is 5.91 Å². The summed E-state index contributed by atoms with van der Waals surface area (Å²) >= 11 is 1.11. The van der Waals surface area contributed by atoms with Crippen LogP contribution in [0.2, 0.25) is 0 Å². The topological polar surface area (TPSA) is 94.1 Å². The number of thioether (sulfide) groups is 1. The molecule has 1 unspecified atom stereocenters. The number of benzene rings is 2. The first-order valence-corrected chi connectivity index (χ1v) is 12.4. The molecule has 2 aromatic rings. The van der Waals surface area contributed by atoms with Crippen LogP contribution in [0.3, 0.4) is 0 Å². The maximum absolute atomic E-state index is 12.2. The number of nitrogens with one attached hydrogen (secondary N) is 4. The van der Waals surface area contributed by atoms with Crippen LogP contribution in [0.4, 0.5) is 0 Å². The van der Waals surface area contributed by atoms with E-state index in [1.165, 1.54) is 0 Å². The van der Waals surface area contributed by atoms with Crippen LogP contribution in [0, 0.1) is 12.3 Å². The highest BCUT2D eigenvalue weighted by molar-refractivity contribution is 8.16. The molecule has 184 valence electrons. The summed E-state index contributed by atoms with van der Waals surface area (Å²) in [6, 6.07) is 15.6. The van der Waals surface area contributed by atoms with E-state index >= 15 is 0 Å². The Morgan fingerprint density at radius 1 is 1.11 bits per heavy atom. The van der Waals surface area contributed by atoms with Crippen molar-refractivity contribution in [3.05, 3.63) is 95.0 Å². The predicted molar refractivity (Wildman–Crippen MR) is 148 cm³/mol. The van der Waals surface area contributed by atoms with Crippen LogP contribution in [0.5, 0.6) is 0 Å². The number of hydrogen-bond donors (Lipinski definition) is 4. The summed E-state index contributed by atoms with van der Waals surface area (Å²) in [4.78, 5) is 24.2. The molecule has 0 aromatic heterocycles. The van der Waals surface area contributed by atoms with Crippen LogP contribution in [-0.2, 0) is 4.79 Å². The van der Waals surface area contributed by atoms with Gasteiger partial charge in [0, 0.05) is 17.8 Å². The van der Waals surface area contributed by atoms with Crippen LogP contribution in [0.1, 0.15) is 54.2 Å². The van der Waals surface area contributed by atoms with Crippen molar-refractivity contribution in [2.75, 3.05) is 6.54 Å². The van der Waals surface area contributed by atoms with Gasteiger partial charge in [0.15, 0.2) is 5.17 Å². The zero-order chi connectivity index (χ0) is 25.8. The smallest absolute Gasteiger partial charge is 0.251 e. The summed E-state index contributed by atoms with van der Waals surface area (Å²) in [7, 11) is 0. The maximum Gasteiger partial charge on any atom is 0.251 e. The summed E-state index contributed by atoms with van der Waals surface area (Å²) in [5.41, 5.74) is 5.53. The van der Waals surface area contributed by atoms with Crippen molar-refractivity contribution in [3.63, 3.8) is 0 Å². The molecule has 0 spiro atoms. The lowest BCUT2D eigenvalue weighted by Gasteiger charge is -2.11. The first kappa shape index (κ1) is 27.7. The van der Waals surface area contributed by atoms with Gasteiger partial charge in [0.1, 0.15) is 0 Å². The van der Waals surface area contributed by atoms with E-state index in [1.807, 2.05) is 61.9 Å². The Kier molecular flexibility index (Phi) is 11.0. The summed E-state index contributed by atoms with van der Waals surface area (Å²) in [5, 5.41) is 18.2. The Morgan fingerprint density at radius 3 is 2.43 bits per heavy atom. The molecule has 0 aliphatic carbocycles. The molecular formula is C28H34N4O2S. The minimum Gasteiger partial charge on any atom is -0.388 e. The highest BCUT2D eigenvalue weighted by Gasteiger charge is 2.10. The number of allylic oxidation sites excluding steroid dienone is 3. The van der Waals surface area contributed by atoms with Crippen molar-refractivity contribution in [1.82, 2.24) is 16.0 Å². The van der Waals surface area contributed by atoms with Gasteiger partial charge in [-0.15, -0.1) is 0 Å². The number of hydrogen-bond acceptors (Lipinski definition) is 5. The molecule has 2 rings (SSSR count). The van der Waals surface area contributed by atoms with E-state index in [0.717, 1.165) is 46.0 Å². The summed E-state index contributed by atoms with van der Waals surface area (Å²) in [5.74, 6) is -0.777. The molecule has 0 saturated heterocycles. The molecule has 0 aliphatic rings. The average molecular weight is 491 g/mol. The second-order valence-electron chi connectivity index (χ2n) is 8.21. The molecule has 2 amide bonds. The lowest BCUT2D eigenvalue weighted by Crippen LogP contribution is -2.38. The van der Waals surface area contributed by atoms with Crippen LogP contribution < -0.4 is 16.0 Å². The maximum atomic E-state index is 12.2. The highest BCUT2D eigenvalue weighted by Crippen LogP contribution is 2.22. The Labute approximate surface area is 212 Å². The van der Waals surface area contributed by atoms with Crippen molar-refractivity contribution >= 4 is 39.9 Å². The highest BCUT2D eigenvalue weighted by atomic mass is 32.2. The average Bonchev–Trinajstić information content (AvgIpc) is 2.86. The first-order valence-electron chi connectivity index (χ1n) is 11.5. The molecule has 35 heavy (non-hydrogen) atoms. The Morgan fingerprint density at radius 2 is 1.80 bits per heavy atom. The molecule has 7 heteroatoms. The van der Waals surface area contributed by atoms with Gasteiger partial charge in [-0.2, -0.15) is 0 Å². The van der Waals surface area contributed by atoms with Gasteiger partial charge in [-0.05, 0) is 67.0 Å². The first-order chi connectivity index (χ1) is 16.7. The fourth-order valence-corrected chi connectivity index (χ4v) is 3.60. The minimum absolute atomic E-state index is 0.0104. The van der Waals surface area contributed by atoms with Crippen molar-refractivity contribution in [3.8, 4) is 0 Å². The van der Waals surface area contributed by atoms with Crippen LogP contribution in [0.25, 0.3) is 11.1 Å². The SMILES string of the molecule is C=C/C(=C\NC(C)CC)c1ccc(/C(C)=C/SC(=N)NC(=O)CNC(=O)c2cccc(C)c2)cc1. The second-order valence-corrected chi connectivity index (χ2v) is 9.08. The van der Waals surface area contributed by atoms with Gasteiger partial charge in [-0.1, -0.05) is 73.3 Å². The zero-order valence-corrected chi connectivity index (χ0v) is 21.6.